The van der Waals surface area contributed by atoms with E-state index in [1.54, 1.807) is 6.20 Å². The van der Waals surface area contributed by atoms with E-state index in [1.807, 2.05) is 0 Å². The SMILES string of the molecule is CCNC(=NCc1ncc(C(C)(C)C)o1)NCCCN(CC)CC.I. The zero-order valence-corrected chi connectivity index (χ0v) is 19.0. The first-order valence-corrected chi connectivity index (χ1v) is 9.10. The van der Waals surface area contributed by atoms with Crippen LogP contribution < -0.4 is 10.6 Å². The number of aromatic nitrogens is 1. The maximum atomic E-state index is 5.78. The molecule has 6 nitrogen and oxygen atoms in total. The number of oxazole rings is 1. The molecule has 1 aromatic rings. The summed E-state index contributed by atoms with van der Waals surface area (Å²) in [5, 5.41) is 6.64. The summed E-state index contributed by atoms with van der Waals surface area (Å²) in [7, 11) is 0. The zero-order valence-electron chi connectivity index (χ0n) is 16.7. The number of hydrogen-bond donors (Lipinski definition) is 2. The van der Waals surface area contributed by atoms with E-state index >= 15 is 0 Å². The fourth-order valence-corrected chi connectivity index (χ4v) is 2.27. The summed E-state index contributed by atoms with van der Waals surface area (Å²) < 4.78 is 5.78. The van der Waals surface area contributed by atoms with Gasteiger partial charge in [-0.05, 0) is 33.0 Å². The lowest BCUT2D eigenvalue weighted by atomic mass is 9.94. The number of nitrogens with one attached hydrogen (secondary N) is 2. The van der Waals surface area contributed by atoms with Crippen molar-refractivity contribution in [2.75, 3.05) is 32.7 Å². The normalized spacial score (nSPS) is 12.2. The minimum atomic E-state index is -0.0257. The molecular formula is C18H36IN5O. The highest BCUT2D eigenvalue weighted by molar-refractivity contribution is 14.0. The first kappa shape index (κ1) is 24.2. The van der Waals surface area contributed by atoms with Gasteiger partial charge in [-0.3, -0.25) is 0 Å². The van der Waals surface area contributed by atoms with E-state index < -0.39 is 0 Å². The van der Waals surface area contributed by atoms with Gasteiger partial charge in [0.25, 0.3) is 0 Å². The molecular weight excluding hydrogens is 429 g/mol. The van der Waals surface area contributed by atoms with Gasteiger partial charge in [-0.15, -0.1) is 24.0 Å². The van der Waals surface area contributed by atoms with Crippen LogP contribution in [-0.2, 0) is 12.0 Å². The fraction of sp³-hybridized carbons (Fsp3) is 0.778. The van der Waals surface area contributed by atoms with Crippen molar-refractivity contribution in [2.45, 2.75) is 59.9 Å². The van der Waals surface area contributed by atoms with Crippen LogP contribution in [0.25, 0.3) is 0 Å². The molecule has 1 aromatic heterocycles. The Bertz CT molecular complexity index is 492. The van der Waals surface area contributed by atoms with Gasteiger partial charge in [-0.25, -0.2) is 9.98 Å². The van der Waals surface area contributed by atoms with Gasteiger partial charge in [0.05, 0.1) is 6.20 Å². The monoisotopic (exact) mass is 465 g/mol. The molecule has 0 radical (unpaired) electrons. The van der Waals surface area contributed by atoms with Gasteiger partial charge in [0.1, 0.15) is 12.3 Å². The van der Waals surface area contributed by atoms with E-state index in [1.165, 1.54) is 0 Å². The molecule has 0 saturated carbocycles. The highest BCUT2D eigenvalue weighted by Crippen LogP contribution is 2.22. The van der Waals surface area contributed by atoms with Crippen molar-refractivity contribution in [2.24, 2.45) is 4.99 Å². The third-order valence-corrected chi connectivity index (χ3v) is 3.85. The molecule has 0 aliphatic carbocycles. The van der Waals surface area contributed by atoms with Crippen molar-refractivity contribution >= 4 is 29.9 Å². The smallest absolute Gasteiger partial charge is 0.216 e. The molecule has 0 fully saturated rings. The second kappa shape index (κ2) is 12.5. The van der Waals surface area contributed by atoms with Crippen LogP contribution in [0, 0.1) is 0 Å². The van der Waals surface area contributed by atoms with Crippen LogP contribution in [0.1, 0.15) is 59.6 Å². The van der Waals surface area contributed by atoms with Crippen LogP contribution >= 0.6 is 24.0 Å². The molecule has 0 unspecified atom stereocenters. The summed E-state index contributed by atoms with van der Waals surface area (Å²) >= 11 is 0. The molecule has 7 heteroatoms. The molecule has 146 valence electrons. The molecule has 0 atom stereocenters. The standard InChI is InChI=1S/C18H35N5O.HI/c1-7-19-17(20-11-10-12-23(8-2)9-3)22-14-16-21-13-15(24-16)18(4,5)6;/h13H,7-12,14H2,1-6H3,(H2,19,20,22);1H. The van der Waals surface area contributed by atoms with Crippen LogP contribution in [0.2, 0.25) is 0 Å². The fourth-order valence-electron chi connectivity index (χ4n) is 2.27. The molecule has 0 spiro atoms. The Morgan fingerprint density at radius 3 is 2.40 bits per heavy atom. The number of hydrogen-bond acceptors (Lipinski definition) is 4. The van der Waals surface area contributed by atoms with Gasteiger partial charge >= 0.3 is 0 Å². The van der Waals surface area contributed by atoms with Crippen LogP contribution in [0.3, 0.4) is 0 Å². The van der Waals surface area contributed by atoms with Crippen molar-refractivity contribution in [3.05, 3.63) is 17.8 Å². The quantitative estimate of drug-likeness (QED) is 0.253. The maximum Gasteiger partial charge on any atom is 0.216 e. The van der Waals surface area contributed by atoms with Gasteiger partial charge < -0.3 is 20.0 Å². The van der Waals surface area contributed by atoms with Crippen molar-refractivity contribution in [1.29, 1.82) is 0 Å². The number of guanidine groups is 1. The number of aliphatic imine (C=N–C) groups is 1. The molecule has 0 aliphatic heterocycles. The van der Waals surface area contributed by atoms with Gasteiger partial charge in [-0.2, -0.15) is 0 Å². The summed E-state index contributed by atoms with van der Waals surface area (Å²) in [5.41, 5.74) is -0.0257. The van der Waals surface area contributed by atoms with Crippen molar-refractivity contribution in [3.8, 4) is 0 Å². The Morgan fingerprint density at radius 1 is 1.20 bits per heavy atom. The second-order valence-corrected chi connectivity index (χ2v) is 6.87. The molecule has 0 aliphatic rings. The lowest BCUT2D eigenvalue weighted by molar-refractivity contribution is 0.300. The predicted molar refractivity (Wildman–Crippen MR) is 116 cm³/mol. The van der Waals surface area contributed by atoms with Crippen molar-refractivity contribution < 1.29 is 4.42 Å². The Balaban J connectivity index is 0.00000576. The Morgan fingerprint density at radius 2 is 1.88 bits per heavy atom. The summed E-state index contributed by atoms with van der Waals surface area (Å²) in [4.78, 5) is 11.3. The summed E-state index contributed by atoms with van der Waals surface area (Å²) in [6, 6.07) is 0. The first-order valence-electron chi connectivity index (χ1n) is 9.10. The van der Waals surface area contributed by atoms with E-state index in [-0.39, 0.29) is 29.4 Å². The summed E-state index contributed by atoms with van der Waals surface area (Å²) in [5.74, 6) is 2.36. The van der Waals surface area contributed by atoms with Crippen LogP contribution in [0.4, 0.5) is 0 Å². The molecule has 1 heterocycles. The molecule has 0 aromatic carbocycles. The topological polar surface area (TPSA) is 65.7 Å². The molecule has 0 bridgehead atoms. The zero-order chi connectivity index (χ0) is 18.0. The molecule has 2 N–H and O–H groups in total. The van der Waals surface area contributed by atoms with Gasteiger partial charge in [0.15, 0.2) is 5.96 Å². The van der Waals surface area contributed by atoms with Crippen LogP contribution in [0.5, 0.6) is 0 Å². The number of nitrogens with zero attached hydrogens (tertiary/aromatic N) is 3. The minimum absolute atomic E-state index is 0. The van der Waals surface area contributed by atoms with Crippen LogP contribution in [0.15, 0.2) is 15.6 Å². The van der Waals surface area contributed by atoms with Crippen molar-refractivity contribution in [3.63, 3.8) is 0 Å². The highest BCUT2D eigenvalue weighted by atomic mass is 127. The lowest BCUT2D eigenvalue weighted by Gasteiger charge is -2.18. The minimum Gasteiger partial charge on any atom is -0.443 e. The number of rotatable bonds is 9. The predicted octanol–water partition coefficient (Wildman–Crippen LogP) is 3.38. The van der Waals surface area contributed by atoms with E-state index in [2.05, 4.69) is 67.1 Å². The summed E-state index contributed by atoms with van der Waals surface area (Å²) in [6.07, 6.45) is 2.90. The Kier molecular flexibility index (Phi) is 12.1. The van der Waals surface area contributed by atoms with E-state index in [0.29, 0.717) is 12.4 Å². The highest BCUT2D eigenvalue weighted by Gasteiger charge is 2.18. The van der Waals surface area contributed by atoms with Crippen LogP contribution in [-0.4, -0.2) is 48.6 Å². The van der Waals surface area contributed by atoms with Gasteiger partial charge in [0.2, 0.25) is 5.89 Å². The first-order chi connectivity index (χ1) is 11.4. The number of halogens is 1. The molecule has 0 saturated heterocycles. The molecule has 0 amide bonds. The second-order valence-electron chi connectivity index (χ2n) is 6.87. The Hall–Kier alpha value is -0.830. The third-order valence-electron chi connectivity index (χ3n) is 3.85. The molecule has 25 heavy (non-hydrogen) atoms. The van der Waals surface area contributed by atoms with E-state index in [9.17, 15) is 0 Å². The largest absolute Gasteiger partial charge is 0.443 e. The van der Waals surface area contributed by atoms with Crippen molar-refractivity contribution in [1.82, 2.24) is 20.5 Å². The van der Waals surface area contributed by atoms with Gasteiger partial charge in [-0.1, -0.05) is 34.6 Å². The van der Waals surface area contributed by atoms with E-state index in [0.717, 1.165) is 50.9 Å². The summed E-state index contributed by atoms with van der Waals surface area (Å²) in [6.45, 7) is 18.3. The maximum absolute atomic E-state index is 5.78. The van der Waals surface area contributed by atoms with Gasteiger partial charge in [0, 0.05) is 18.5 Å². The van der Waals surface area contributed by atoms with E-state index in [4.69, 9.17) is 4.42 Å². The molecule has 1 rings (SSSR count). The lowest BCUT2D eigenvalue weighted by Crippen LogP contribution is -2.38. The average molecular weight is 465 g/mol. The Labute approximate surface area is 170 Å². The average Bonchev–Trinajstić information content (AvgIpc) is 3.02. The third kappa shape index (κ3) is 9.44.